The molecule has 0 spiro atoms. The summed E-state index contributed by atoms with van der Waals surface area (Å²) in [4.78, 5) is 13.4. The van der Waals surface area contributed by atoms with Gasteiger partial charge in [0.1, 0.15) is 11.6 Å². The van der Waals surface area contributed by atoms with Crippen LogP contribution >= 0.6 is 11.8 Å². The monoisotopic (exact) mass is 331 g/mol. The lowest BCUT2D eigenvalue weighted by molar-refractivity contribution is -0.128. The van der Waals surface area contributed by atoms with Crippen LogP contribution in [0.4, 0.5) is 4.39 Å². The Bertz CT molecular complexity index is 693. The fraction of sp³-hybridized carbons (Fsp3) is 0.278. The topological polar surface area (TPSA) is 38.3 Å². The molecule has 0 unspecified atom stereocenters. The number of benzene rings is 2. The number of hydrogen-bond acceptors (Lipinski definition) is 3. The van der Waals surface area contributed by atoms with Crippen molar-refractivity contribution in [2.75, 3.05) is 5.75 Å². The highest BCUT2D eigenvalue weighted by atomic mass is 32.2. The predicted molar refractivity (Wildman–Crippen MR) is 89.2 cm³/mol. The van der Waals surface area contributed by atoms with Crippen molar-refractivity contribution in [3.05, 3.63) is 59.9 Å². The molecule has 1 aliphatic heterocycles. The SMILES string of the molecule is C[C@H](Oc1ccccc1)C(=O)N[C@@H]1CCSc2ccc(F)cc21. The summed E-state index contributed by atoms with van der Waals surface area (Å²) in [7, 11) is 0. The first-order chi connectivity index (χ1) is 11.1. The number of thioether (sulfide) groups is 1. The quantitative estimate of drug-likeness (QED) is 0.922. The minimum atomic E-state index is -0.607. The van der Waals surface area contributed by atoms with Crippen molar-refractivity contribution in [1.82, 2.24) is 5.32 Å². The molecule has 0 aliphatic carbocycles. The first-order valence-electron chi connectivity index (χ1n) is 7.58. The lowest BCUT2D eigenvalue weighted by Crippen LogP contribution is -2.39. The Kier molecular flexibility index (Phi) is 4.86. The first-order valence-corrected chi connectivity index (χ1v) is 8.56. The molecule has 0 fully saturated rings. The number of halogens is 1. The van der Waals surface area contributed by atoms with Gasteiger partial charge in [0, 0.05) is 10.6 Å². The van der Waals surface area contributed by atoms with E-state index in [2.05, 4.69) is 5.32 Å². The summed E-state index contributed by atoms with van der Waals surface area (Å²) >= 11 is 1.69. The Morgan fingerprint density at radius 2 is 2.09 bits per heavy atom. The molecule has 0 saturated heterocycles. The van der Waals surface area contributed by atoms with Gasteiger partial charge in [0.15, 0.2) is 6.10 Å². The van der Waals surface area contributed by atoms with Gasteiger partial charge in [-0.05, 0) is 49.2 Å². The zero-order valence-corrected chi connectivity index (χ0v) is 13.6. The summed E-state index contributed by atoms with van der Waals surface area (Å²) in [6, 6.07) is 13.8. The van der Waals surface area contributed by atoms with E-state index in [1.807, 2.05) is 30.3 Å². The van der Waals surface area contributed by atoms with Crippen LogP contribution < -0.4 is 10.1 Å². The highest BCUT2D eigenvalue weighted by Crippen LogP contribution is 2.36. The van der Waals surface area contributed by atoms with Gasteiger partial charge in [0.2, 0.25) is 0 Å². The van der Waals surface area contributed by atoms with Crippen LogP contribution in [0.25, 0.3) is 0 Å². The molecule has 1 aliphatic rings. The van der Waals surface area contributed by atoms with Crippen molar-refractivity contribution in [2.24, 2.45) is 0 Å². The zero-order valence-electron chi connectivity index (χ0n) is 12.8. The predicted octanol–water partition coefficient (Wildman–Crippen LogP) is 3.95. The Morgan fingerprint density at radius 3 is 2.87 bits per heavy atom. The van der Waals surface area contributed by atoms with Gasteiger partial charge >= 0.3 is 0 Å². The molecule has 3 nitrogen and oxygen atoms in total. The third kappa shape index (κ3) is 3.85. The minimum absolute atomic E-state index is 0.170. The molecular weight excluding hydrogens is 313 g/mol. The molecule has 0 saturated carbocycles. The number of rotatable bonds is 4. The lowest BCUT2D eigenvalue weighted by atomic mass is 10.0. The molecule has 23 heavy (non-hydrogen) atoms. The minimum Gasteiger partial charge on any atom is -0.481 e. The molecule has 120 valence electrons. The second-order valence-electron chi connectivity index (χ2n) is 5.45. The fourth-order valence-electron chi connectivity index (χ4n) is 2.56. The molecule has 1 heterocycles. The molecule has 2 aromatic rings. The number of para-hydroxylation sites is 1. The fourth-order valence-corrected chi connectivity index (χ4v) is 3.67. The second kappa shape index (κ2) is 7.04. The smallest absolute Gasteiger partial charge is 0.261 e. The molecule has 5 heteroatoms. The van der Waals surface area contributed by atoms with Gasteiger partial charge in [-0.1, -0.05) is 18.2 Å². The third-order valence-electron chi connectivity index (χ3n) is 3.75. The van der Waals surface area contributed by atoms with Crippen LogP contribution in [0.3, 0.4) is 0 Å². The van der Waals surface area contributed by atoms with Crippen LogP contribution in [0, 0.1) is 5.82 Å². The van der Waals surface area contributed by atoms with Gasteiger partial charge in [-0.25, -0.2) is 4.39 Å². The van der Waals surface area contributed by atoms with Gasteiger partial charge in [-0.3, -0.25) is 4.79 Å². The number of nitrogens with one attached hydrogen (secondary N) is 1. The summed E-state index contributed by atoms with van der Waals surface area (Å²) in [6.45, 7) is 1.71. The highest BCUT2D eigenvalue weighted by Gasteiger charge is 2.25. The Balaban J connectivity index is 1.68. The molecule has 3 rings (SSSR count). The van der Waals surface area contributed by atoms with Crippen LogP contribution in [0.2, 0.25) is 0 Å². The van der Waals surface area contributed by atoms with E-state index in [0.717, 1.165) is 22.6 Å². The van der Waals surface area contributed by atoms with Crippen molar-refractivity contribution >= 4 is 17.7 Å². The average Bonchev–Trinajstić information content (AvgIpc) is 2.56. The Morgan fingerprint density at radius 1 is 1.30 bits per heavy atom. The first kappa shape index (κ1) is 15.9. The molecule has 1 N–H and O–H groups in total. The maximum atomic E-state index is 13.5. The van der Waals surface area contributed by atoms with Crippen LogP contribution in [-0.2, 0) is 4.79 Å². The number of fused-ring (bicyclic) bond motifs is 1. The van der Waals surface area contributed by atoms with Crippen molar-refractivity contribution in [2.45, 2.75) is 30.4 Å². The van der Waals surface area contributed by atoms with Crippen LogP contribution in [0.1, 0.15) is 24.9 Å². The van der Waals surface area contributed by atoms with Gasteiger partial charge in [-0.15, -0.1) is 11.8 Å². The van der Waals surface area contributed by atoms with E-state index in [0.29, 0.717) is 5.75 Å². The van der Waals surface area contributed by atoms with Gasteiger partial charge in [-0.2, -0.15) is 0 Å². The van der Waals surface area contributed by atoms with E-state index in [-0.39, 0.29) is 17.8 Å². The van der Waals surface area contributed by atoms with Crippen molar-refractivity contribution in [3.63, 3.8) is 0 Å². The summed E-state index contributed by atoms with van der Waals surface area (Å²) in [5.74, 6) is 1.08. The normalized spacial score (nSPS) is 17.9. The average molecular weight is 331 g/mol. The second-order valence-corrected chi connectivity index (χ2v) is 6.59. The van der Waals surface area contributed by atoms with E-state index in [4.69, 9.17) is 4.74 Å². The van der Waals surface area contributed by atoms with Crippen LogP contribution in [-0.4, -0.2) is 17.8 Å². The summed E-state index contributed by atoms with van der Waals surface area (Å²) < 4.78 is 19.1. The number of ether oxygens (including phenoxy) is 1. The molecule has 2 atom stereocenters. The summed E-state index contributed by atoms with van der Waals surface area (Å²) in [5, 5.41) is 2.98. The summed E-state index contributed by atoms with van der Waals surface area (Å²) in [6.07, 6.45) is 0.175. The number of amides is 1. The van der Waals surface area contributed by atoms with E-state index in [1.165, 1.54) is 12.1 Å². The molecule has 2 aromatic carbocycles. The van der Waals surface area contributed by atoms with E-state index < -0.39 is 6.10 Å². The number of carbonyl (C=O) groups excluding carboxylic acids is 1. The van der Waals surface area contributed by atoms with Crippen molar-refractivity contribution in [3.8, 4) is 5.75 Å². The van der Waals surface area contributed by atoms with E-state index in [9.17, 15) is 9.18 Å². The lowest BCUT2D eigenvalue weighted by Gasteiger charge is -2.27. The summed E-state index contributed by atoms with van der Waals surface area (Å²) in [5.41, 5.74) is 0.849. The van der Waals surface area contributed by atoms with Gasteiger partial charge < -0.3 is 10.1 Å². The maximum absolute atomic E-state index is 13.5. The highest BCUT2D eigenvalue weighted by molar-refractivity contribution is 7.99. The molecule has 0 radical (unpaired) electrons. The molecule has 0 bridgehead atoms. The maximum Gasteiger partial charge on any atom is 0.261 e. The Hall–Kier alpha value is -2.01. The molecule has 0 aromatic heterocycles. The number of carbonyl (C=O) groups is 1. The largest absolute Gasteiger partial charge is 0.481 e. The van der Waals surface area contributed by atoms with E-state index in [1.54, 1.807) is 24.8 Å². The number of hydrogen-bond donors (Lipinski definition) is 1. The van der Waals surface area contributed by atoms with Gasteiger partial charge in [0.25, 0.3) is 5.91 Å². The zero-order chi connectivity index (χ0) is 16.2. The van der Waals surface area contributed by atoms with Gasteiger partial charge in [0.05, 0.1) is 6.04 Å². The van der Waals surface area contributed by atoms with Crippen molar-refractivity contribution in [1.29, 1.82) is 0 Å². The van der Waals surface area contributed by atoms with Crippen LogP contribution in [0.5, 0.6) is 5.75 Å². The molecule has 1 amide bonds. The van der Waals surface area contributed by atoms with Crippen molar-refractivity contribution < 1.29 is 13.9 Å². The van der Waals surface area contributed by atoms with E-state index >= 15 is 0 Å². The van der Waals surface area contributed by atoms with Crippen LogP contribution in [0.15, 0.2) is 53.4 Å². The third-order valence-corrected chi connectivity index (χ3v) is 4.88. The standard InChI is InChI=1S/C18H18FNO2S/c1-12(22-14-5-3-2-4-6-14)18(21)20-16-9-10-23-17-8-7-13(19)11-15(16)17/h2-8,11-12,16H,9-10H2,1H3,(H,20,21)/t12-,16+/m0/s1. The Labute approximate surface area is 139 Å². The molecular formula is C18H18FNO2S.